The summed E-state index contributed by atoms with van der Waals surface area (Å²) in [5, 5.41) is 11.8. The van der Waals surface area contributed by atoms with Crippen LogP contribution in [0.2, 0.25) is 0 Å². The van der Waals surface area contributed by atoms with Crippen LogP contribution in [0.3, 0.4) is 0 Å². The zero-order valence-corrected chi connectivity index (χ0v) is 14.2. The van der Waals surface area contributed by atoms with Gasteiger partial charge < -0.3 is 10.4 Å². The number of sulfonamides is 1. The minimum Gasteiger partial charge on any atom is -0.480 e. The molecule has 1 aromatic rings. The molecule has 1 aliphatic heterocycles. The van der Waals surface area contributed by atoms with Crippen LogP contribution in [-0.2, 0) is 25.0 Å². The van der Waals surface area contributed by atoms with Gasteiger partial charge in [0.05, 0.1) is 10.3 Å². The van der Waals surface area contributed by atoms with Crippen molar-refractivity contribution < 1.29 is 23.1 Å². The molecule has 0 saturated carbocycles. The van der Waals surface area contributed by atoms with Crippen LogP contribution in [0.1, 0.15) is 33.3 Å². The number of hydrogen-bond donors (Lipinski definition) is 3. The molecule has 8 heteroatoms. The minimum absolute atomic E-state index is 0.0623. The molecular weight excluding hydrogens is 320 g/mol. The Labute approximate surface area is 135 Å². The second-order valence-electron chi connectivity index (χ2n) is 6.47. The molecule has 0 bridgehead atoms. The van der Waals surface area contributed by atoms with Gasteiger partial charge in [-0.3, -0.25) is 9.59 Å². The van der Waals surface area contributed by atoms with E-state index in [-0.39, 0.29) is 10.8 Å². The van der Waals surface area contributed by atoms with E-state index in [4.69, 9.17) is 5.11 Å². The number of aliphatic carboxylic acids is 1. The molecule has 23 heavy (non-hydrogen) atoms. The van der Waals surface area contributed by atoms with Gasteiger partial charge in [-0.1, -0.05) is 13.8 Å². The number of anilines is 1. The van der Waals surface area contributed by atoms with Crippen molar-refractivity contribution in [2.75, 3.05) is 5.32 Å². The van der Waals surface area contributed by atoms with Gasteiger partial charge in [0.1, 0.15) is 6.04 Å². The maximum absolute atomic E-state index is 12.5. The molecule has 0 spiro atoms. The Kier molecular flexibility index (Phi) is 4.25. The first kappa shape index (κ1) is 17.4. The molecule has 1 heterocycles. The summed E-state index contributed by atoms with van der Waals surface area (Å²) in [4.78, 5) is 23.1. The molecule has 0 saturated heterocycles. The topological polar surface area (TPSA) is 113 Å². The number of hydrogen-bond acceptors (Lipinski definition) is 4. The molecule has 2 rings (SSSR count). The van der Waals surface area contributed by atoms with Crippen LogP contribution in [0.15, 0.2) is 23.1 Å². The number of benzene rings is 1. The van der Waals surface area contributed by atoms with E-state index in [0.29, 0.717) is 11.3 Å². The van der Waals surface area contributed by atoms with Crippen LogP contribution in [0, 0.1) is 5.92 Å². The van der Waals surface area contributed by atoms with Crippen molar-refractivity contribution >= 4 is 27.6 Å². The maximum atomic E-state index is 12.5. The van der Waals surface area contributed by atoms with Gasteiger partial charge in [0.15, 0.2) is 0 Å². The highest BCUT2D eigenvalue weighted by Crippen LogP contribution is 2.38. The fourth-order valence-corrected chi connectivity index (χ4v) is 3.79. The molecule has 1 atom stereocenters. The summed E-state index contributed by atoms with van der Waals surface area (Å²) in [7, 11) is -4.01. The highest BCUT2D eigenvalue weighted by Gasteiger charge is 2.39. The van der Waals surface area contributed by atoms with Gasteiger partial charge in [0.2, 0.25) is 15.9 Å². The van der Waals surface area contributed by atoms with Crippen molar-refractivity contribution in [2.45, 2.75) is 44.0 Å². The van der Waals surface area contributed by atoms with Crippen molar-refractivity contribution in [1.29, 1.82) is 0 Å². The molecule has 0 radical (unpaired) electrons. The summed E-state index contributed by atoms with van der Waals surface area (Å²) in [6, 6.07) is 3.06. The average molecular weight is 340 g/mol. The fraction of sp³-hybridized carbons (Fsp3) is 0.467. The summed E-state index contributed by atoms with van der Waals surface area (Å²) in [5.41, 5.74) is 0.296. The number of fused-ring (bicyclic) bond motifs is 1. The molecule has 1 amide bonds. The van der Waals surface area contributed by atoms with Crippen LogP contribution in [0.4, 0.5) is 5.69 Å². The lowest BCUT2D eigenvalue weighted by molar-refractivity contribution is -0.140. The molecule has 1 aliphatic rings. The smallest absolute Gasteiger partial charge is 0.322 e. The lowest BCUT2D eigenvalue weighted by atomic mass is 9.86. The predicted octanol–water partition coefficient (Wildman–Crippen LogP) is 1.30. The van der Waals surface area contributed by atoms with Crippen molar-refractivity contribution in [3.63, 3.8) is 0 Å². The van der Waals surface area contributed by atoms with Crippen LogP contribution in [-0.4, -0.2) is 31.4 Å². The average Bonchev–Trinajstić information content (AvgIpc) is 2.66. The number of carboxylic acids is 1. The van der Waals surface area contributed by atoms with Crippen molar-refractivity contribution in [3.8, 4) is 0 Å². The van der Waals surface area contributed by atoms with Crippen molar-refractivity contribution in [2.24, 2.45) is 5.92 Å². The van der Waals surface area contributed by atoms with Gasteiger partial charge in [-0.2, -0.15) is 4.72 Å². The van der Waals surface area contributed by atoms with E-state index < -0.39 is 33.4 Å². The Hall–Kier alpha value is -1.93. The molecule has 0 fully saturated rings. The molecule has 0 aliphatic carbocycles. The molecular formula is C15H20N2O5S. The third-order valence-electron chi connectivity index (χ3n) is 4.01. The van der Waals surface area contributed by atoms with E-state index in [1.165, 1.54) is 18.2 Å². The zero-order valence-electron chi connectivity index (χ0n) is 13.4. The second kappa shape index (κ2) is 5.61. The summed E-state index contributed by atoms with van der Waals surface area (Å²) < 4.78 is 27.1. The van der Waals surface area contributed by atoms with E-state index in [0.717, 1.165) is 0 Å². The second-order valence-corrected chi connectivity index (χ2v) is 8.18. The van der Waals surface area contributed by atoms with Crippen molar-refractivity contribution in [1.82, 2.24) is 4.72 Å². The standard InChI is InChI=1S/C15H20N2O5S/c1-8(2)12(13(18)19)17-23(21,22)9-5-6-11-10(7-9)15(3,4)14(20)16-11/h5-8,12,17H,1-4H3,(H,16,20)(H,18,19). The largest absolute Gasteiger partial charge is 0.480 e. The summed E-state index contributed by atoms with van der Waals surface area (Å²) >= 11 is 0. The number of nitrogens with one attached hydrogen (secondary N) is 2. The summed E-state index contributed by atoms with van der Waals surface area (Å²) in [5.74, 6) is -1.85. The predicted molar refractivity (Wildman–Crippen MR) is 84.7 cm³/mol. The van der Waals surface area contributed by atoms with Crippen LogP contribution >= 0.6 is 0 Å². The molecule has 1 unspecified atom stereocenters. The number of amides is 1. The SMILES string of the molecule is CC(C)C(NS(=O)(=O)c1ccc2c(c1)C(C)(C)C(=O)N2)C(=O)O. The highest BCUT2D eigenvalue weighted by molar-refractivity contribution is 7.89. The number of rotatable bonds is 5. The van der Waals surface area contributed by atoms with E-state index in [2.05, 4.69) is 10.0 Å². The lowest BCUT2D eigenvalue weighted by Crippen LogP contribution is -2.44. The Morgan fingerprint density at radius 1 is 1.30 bits per heavy atom. The third-order valence-corrected chi connectivity index (χ3v) is 5.44. The number of carbonyl (C=O) groups excluding carboxylic acids is 1. The molecule has 126 valence electrons. The maximum Gasteiger partial charge on any atom is 0.322 e. The summed E-state index contributed by atoms with van der Waals surface area (Å²) in [6.45, 7) is 6.64. The Bertz CT molecular complexity index is 768. The summed E-state index contributed by atoms with van der Waals surface area (Å²) in [6.07, 6.45) is 0. The first-order valence-corrected chi connectivity index (χ1v) is 8.66. The molecule has 0 aromatic heterocycles. The first-order valence-electron chi connectivity index (χ1n) is 7.18. The van der Waals surface area contributed by atoms with Gasteiger partial charge in [-0.25, -0.2) is 8.42 Å². The molecule has 1 aromatic carbocycles. The van der Waals surface area contributed by atoms with Gasteiger partial charge in [0, 0.05) is 5.69 Å². The minimum atomic E-state index is -4.01. The van der Waals surface area contributed by atoms with Crippen LogP contribution in [0.25, 0.3) is 0 Å². The highest BCUT2D eigenvalue weighted by atomic mass is 32.2. The molecule has 7 nitrogen and oxygen atoms in total. The van der Waals surface area contributed by atoms with Crippen LogP contribution in [0.5, 0.6) is 0 Å². The monoisotopic (exact) mass is 340 g/mol. The number of carboxylic acid groups (broad SMARTS) is 1. The Morgan fingerprint density at radius 3 is 2.43 bits per heavy atom. The first-order chi connectivity index (χ1) is 10.5. The van der Waals surface area contributed by atoms with Crippen LogP contribution < -0.4 is 10.0 Å². The Balaban J connectivity index is 2.42. The Morgan fingerprint density at radius 2 is 1.91 bits per heavy atom. The van der Waals surface area contributed by atoms with E-state index in [1.807, 2.05) is 0 Å². The van der Waals surface area contributed by atoms with Gasteiger partial charge in [-0.05, 0) is 43.5 Å². The van der Waals surface area contributed by atoms with E-state index in [9.17, 15) is 18.0 Å². The third kappa shape index (κ3) is 3.09. The lowest BCUT2D eigenvalue weighted by Gasteiger charge is -2.19. The van der Waals surface area contributed by atoms with E-state index >= 15 is 0 Å². The quantitative estimate of drug-likeness (QED) is 0.748. The number of carbonyl (C=O) groups is 2. The molecule has 3 N–H and O–H groups in total. The fourth-order valence-electron chi connectivity index (χ4n) is 2.42. The normalized spacial score (nSPS) is 17.7. The van der Waals surface area contributed by atoms with Gasteiger partial charge >= 0.3 is 5.97 Å². The van der Waals surface area contributed by atoms with Gasteiger partial charge in [-0.15, -0.1) is 0 Å². The van der Waals surface area contributed by atoms with Gasteiger partial charge in [0.25, 0.3) is 0 Å². The zero-order chi connectivity index (χ0) is 17.6. The van der Waals surface area contributed by atoms with Crippen molar-refractivity contribution in [3.05, 3.63) is 23.8 Å². The van der Waals surface area contributed by atoms with E-state index in [1.54, 1.807) is 27.7 Å².